The zero-order valence-electron chi connectivity index (χ0n) is 9.33. The average molecular weight is 189 g/mol. The van der Waals surface area contributed by atoms with Gasteiger partial charge < -0.3 is 4.90 Å². The lowest BCUT2D eigenvalue weighted by Gasteiger charge is -2.34. The number of benzene rings is 1. The van der Waals surface area contributed by atoms with Crippen molar-refractivity contribution in [3.8, 4) is 0 Å². The summed E-state index contributed by atoms with van der Waals surface area (Å²) in [5, 5.41) is 0. The normalized spacial score (nSPS) is 22.4. The summed E-state index contributed by atoms with van der Waals surface area (Å²) in [6.45, 7) is 6.95. The molecule has 2 rings (SSSR count). The Morgan fingerprint density at radius 3 is 2.71 bits per heavy atom. The predicted octanol–water partition coefficient (Wildman–Crippen LogP) is 2.87. The molecule has 76 valence electrons. The molecule has 1 aliphatic rings. The summed E-state index contributed by atoms with van der Waals surface area (Å²) in [5.74, 6) is 1.45. The van der Waals surface area contributed by atoms with Gasteiger partial charge in [-0.15, -0.1) is 0 Å². The van der Waals surface area contributed by atoms with E-state index in [9.17, 15) is 0 Å². The van der Waals surface area contributed by atoms with Crippen LogP contribution in [0.5, 0.6) is 0 Å². The highest BCUT2D eigenvalue weighted by Crippen LogP contribution is 2.32. The highest BCUT2D eigenvalue weighted by Gasteiger charge is 2.24. The van der Waals surface area contributed by atoms with E-state index in [0.29, 0.717) is 5.92 Å². The maximum absolute atomic E-state index is 2.42. The lowest BCUT2D eigenvalue weighted by atomic mass is 9.83. The SMILES string of the molecule is CC(C)[C@H]1CN(C)Cc2ccccc21. The fraction of sp³-hybridized carbons (Fsp3) is 0.538. The first-order valence-corrected chi connectivity index (χ1v) is 5.45. The first kappa shape index (κ1) is 9.72. The van der Waals surface area contributed by atoms with Gasteiger partial charge in [-0.25, -0.2) is 0 Å². The zero-order chi connectivity index (χ0) is 10.1. The molecule has 0 saturated heterocycles. The molecule has 0 spiro atoms. The fourth-order valence-electron chi connectivity index (χ4n) is 2.40. The van der Waals surface area contributed by atoms with Crippen molar-refractivity contribution in [1.29, 1.82) is 0 Å². The molecule has 0 aromatic heterocycles. The highest BCUT2D eigenvalue weighted by molar-refractivity contribution is 5.33. The van der Waals surface area contributed by atoms with Gasteiger partial charge >= 0.3 is 0 Å². The van der Waals surface area contributed by atoms with Crippen molar-refractivity contribution in [2.75, 3.05) is 13.6 Å². The van der Waals surface area contributed by atoms with Crippen LogP contribution in [-0.2, 0) is 6.54 Å². The number of rotatable bonds is 1. The molecule has 0 amide bonds. The molecule has 1 heteroatoms. The van der Waals surface area contributed by atoms with E-state index in [4.69, 9.17) is 0 Å². The van der Waals surface area contributed by atoms with Crippen LogP contribution >= 0.6 is 0 Å². The average Bonchev–Trinajstić information content (AvgIpc) is 2.16. The minimum absolute atomic E-state index is 0.713. The van der Waals surface area contributed by atoms with E-state index in [0.717, 1.165) is 12.5 Å². The second-order valence-electron chi connectivity index (χ2n) is 4.75. The minimum Gasteiger partial charge on any atom is -0.301 e. The fourth-order valence-corrected chi connectivity index (χ4v) is 2.40. The van der Waals surface area contributed by atoms with Crippen LogP contribution in [0.15, 0.2) is 24.3 Å². The Morgan fingerprint density at radius 1 is 1.29 bits per heavy atom. The Hall–Kier alpha value is -0.820. The molecule has 1 heterocycles. The largest absolute Gasteiger partial charge is 0.301 e. The van der Waals surface area contributed by atoms with Gasteiger partial charge in [0.1, 0.15) is 0 Å². The molecule has 0 radical (unpaired) electrons. The van der Waals surface area contributed by atoms with Crippen molar-refractivity contribution in [2.45, 2.75) is 26.3 Å². The lowest BCUT2D eigenvalue weighted by molar-refractivity contribution is 0.253. The number of nitrogens with zero attached hydrogens (tertiary/aromatic N) is 1. The van der Waals surface area contributed by atoms with Crippen LogP contribution < -0.4 is 0 Å². The molecule has 0 bridgehead atoms. The van der Waals surface area contributed by atoms with Gasteiger partial charge in [0.25, 0.3) is 0 Å². The van der Waals surface area contributed by atoms with Crippen LogP contribution in [-0.4, -0.2) is 18.5 Å². The van der Waals surface area contributed by atoms with Crippen molar-refractivity contribution < 1.29 is 0 Å². The number of likely N-dealkylation sites (N-methyl/N-ethyl adjacent to an activating group) is 1. The standard InChI is InChI=1S/C13H19N/c1-10(2)13-9-14(3)8-11-6-4-5-7-12(11)13/h4-7,10,13H,8-9H2,1-3H3/t13-/m1/s1. The van der Waals surface area contributed by atoms with Gasteiger partial charge in [0.05, 0.1) is 0 Å². The van der Waals surface area contributed by atoms with Crippen LogP contribution in [0, 0.1) is 5.92 Å². The topological polar surface area (TPSA) is 3.24 Å². The van der Waals surface area contributed by atoms with Crippen LogP contribution in [0.1, 0.15) is 30.9 Å². The maximum atomic E-state index is 2.42. The van der Waals surface area contributed by atoms with Crippen molar-refractivity contribution in [3.63, 3.8) is 0 Å². The van der Waals surface area contributed by atoms with Crippen LogP contribution in [0.3, 0.4) is 0 Å². The molecule has 0 fully saturated rings. The van der Waals surface area contributed by atoms with Gasteiger partial charge in [-0.05, 0) is 30.0 Å². The second-order valence-corrected chi connectivity index (χ2v) is 4.75. The predicted molar refractivity (Wildman–Crippen MR) is 60.4 cm³/mol. The summed E-state index contributed by atoms with van der Waals surface area (Å²) >= 11 is 0. The number of hydrogen-bond donors (Lipinski definition) is 0. The Bertz CT molecular complexity index is 317. The summed E-state index contributed by atoms with van der Waals surface area (Å²) in [4.78, 5) is 2.42. The molecule has 0 saturated carbocycles. The van der Waals surface area contributed by atoms with Gasteiger partial charge in [-0.3, -0.25) is 0 Å². The molecular formula is C13H19N. The van der Waals surface area contributed by atoms with E-state index in [1.165, 1.54) is 12.1 Å². The highest BCUT2D eigenvalue weighted by atomic mass is 15.1. The monoisotopic (exact) mass is 189 g/mol. The third-order valence-electron chi connectivity index (χ3n) is 3.21. The summed E-state index contributed by atoms with van der Waals surface area (Å²) in [6, 6.07) is 8.88. The molecule has 1 nitrogen and oxygen atoms in total. The number of fused-ring (bicyclic) bond motifs is 1. The van der Waals surface area contributed by atoms with Gasteiger partial charge in [0, 0.05) is 13.1 Å². The molecule has 1 aliphatic heterocycles. The Labute approximate surface area is 86.7 Å². The van der Waals surface area contributed by atoms with Crippen molar-refractivity contribution in [3.05, 3.63) is 35.4 Å². The summed E-state index contributed by atoms with van der Waals surface area (Å²) in [6.07, 6.45) is 0. The number of hydrogen-bond acceptors (Lipinski definition) is 1. The molecule has 0 unspecified atom stereocenters. The summed E-state index contributed by atoms with van der Waals surface area (Å²) in [7, 11) is 2.21. The maximum Gasteiger partial charge on any atom is 0.0233 e. The van der Waals surface area contributed by atoms with E-state index in [1.807, 2.05) is 0 Å². The lowest BCUT2D eigenvalue weighted by Crippen LogP contribution is -2.32. The van der Waals surface area contributed by atoms with Gasteiger partial charge in [-0.1, -0.05) is 38.1 Å². The molecule has 1 aromatic carbocycles. The molecular weight excluding hydrogens is 170 g/mol. The molecule has 0 N–H and O–H groups in total. The van der Waals surface area contributed by atoms with E-state index in [-0.39, 0.29) is 0 Å². The smallest absolute Gasteiger partial charge is 0.0233 e. The van der Waals surface area contributed by atoms with E-state index < -0.39 is 0 Å². The third-order valence-corrected chi connectivity index (χ3v) is 3.21. The van der Waals surface area contributed by atoms with Gasteiger partial charge in [0.2, 0.25) is 0 Å². The van der Waals surface area contributed by atoms with E-state index in [2.05, 4.69) is 50.1 Å². The molecule has 0 aliphatic carbocycles. The minimum atomic E-state index is 0.713. The van der Waals surface area contributed by atoms with Crippen LogP contribution in [0.2, 0.25) is 0 Å². The van der Waals surface area contributed by atoms with Crippen molar-refractivity contribution in [1.82, 2.24) is 4.90 Å². The molecule has 14 heavy (non-hydrogen) atoms. The zero-order valence-corrected chi connectivity index (χ0v) is 9.33. The van der Waals surface area contributed by atoms with E-state index >= 15 is 0 Å². The van der Waals surface area contributed by atoms with Gasteiger partial charge in [-0.2, -0.15) is 0 Å². The summed E-state index contributed by atoms with van der Waals surface area (Å²) < 4.78 is 0. The van der Waals surface area contributed by atoms with Crippen LogP contribution in [0.25, 0.3) is 0 Å². The first-order valence-electron chi connectivity index (χ1n) is 5.45. The van der Waals surface area contributed by atoms with E-state index in [1.54, 1.807) is 5.56 Å². The third kappa shape index (κ3) is 1.69. The Kier molecular flexibility index (Phi) is 2.60. The van der Waals surface area contributed by atoms with Crippen molar-refractivity contribution in [2.24, 2.45) is 5.92 Å². The quantitative estimate of drug-likeness (QED) is 0.656. The molecule has 1 atom stereocenters. The second kappa shape index (κ2) is 3.74. The van der Waals surface area contributed by atoms with Crippen molar-refractivity contribution >= 4 is 0 Å². The van der Waals surface area contributed by atoms with Crippen LogP contribution in [0.4, 0.5) is 0 Å². The molecule has 1 aromatic rings. The Morgan fingerprint density at radius 2 is 2.00 bits per heavy atom. The Balaban J connectivity index is 2.38. The van der Waals surface area contributed by atoms with Gasteiger partial charge in [0.15, 0.2) is 0 Å². The summed E-state index contributed by atoms with van der Waals surface area (Å²) in [5.41, 5.74) is 3.08. The first-order chi connectivity index (χ1) is 6.68.